The Labute approximate surface area is 133 Å². The van der Waals surface area contributed by atoms with Crippen molar-refractivity contribution in [2.75, 3.05) is 18.9 Å². The zero-order valence-corrected chi connectivity index (χ0v) is 14.5. The van der Waals surface area contributed by atoms with E-state index in [1.807, 2.05) is 13.8 Å². The highest BCUT2D eigenvalue weighted by Gasteiger charge is 2.39. The Morgan fingerprint density at radius 3 is 2.36 bits per heavy atom. The van der Waals surface area contributed by atoms with E-state index < -0.39 is 13.8 Å². The van der Waals surface area contributed by atoms with Crippen LogP contribution in [0.2, 0.25) is 0 Å². The van der Waals surface area contributed by atoms with E-state index in [0.717, 1.165) is 25.7 Å². The van der Waals surface area contributed by atoms with E-state index >= 15 is 0 Å². The molecule has 1 amide bonds. The molecule has 1 fully saturated rings. The summed E-state index contributed by atoms with van der Waals surface area (Å²) in [5, 5.41) is 2.47. The Morgan fingerprint density at radius 1 is 1.23 bits per heavy atom. The van der Waals surface area contributed by atoms with Crippen LogP contribution in [0.3, 0.4) is 0 Å². The third kappa shape index (κ3) is 7.14. The van der Waals surface area contributed by atoms with Gasteiger partial charge in [-0.2, -0.15) is 0 Å². The van der Waals surface area contributed by atoms with Gasteiger partial charge in [0.1, 0.15) is 6.16 Å². The highest BCUT2D eigenvalue weighted by molar-refractivity contribution is 7.65. The van der Waals surface area contributed by atoms with Gasteiger partial charge in [0.15, 0.2) is 11.9 Å². The first-order valence-corrected chi connectivity index (χ1v) is 10.2. The largest absolute Gasteiger partial charge is 0.347 e. The van der Waals surface area contributed by atoms with E-state index in [1.165, 1.54) is 6.42 Å². The van der Waals surface area contributed by atoms with Gasteiger partial charge in [-0.3, -0.25) is 9.59 Å². The number of carbonyl (C=O) groups is 2. The van der Waals surface area contributed by atoms with Gasteiger partial charge in [0, 0.05) is 0 Å². The first kappa shape index (κ1) is 19.5. The molecule has 1 atom stereocenters. The average Bonchev–Trinajstić information content (AvgIpc) is 2.43. The minimum atomic E-state index is -3.20. The van der Waals surface area contributed by atoms with Crippen LogP contribution in [-0.4, -0.2) is 46.4 Å². The average molecular weight is 333 g/mol. The summed E-state index contributed by atoms with van der Waals surface area (Å²) in [4.78, 5) is 43.7. The van der Waals surface area contributed by atoms with Crippen LogP contribution in [0.15, 0.2) is 0 Å². The summed E-state index contributed by atoms with van der Waals surface area (Å²) < 4.78 is 0. The molecule has 0 aromatic rings. The molecule has 7 heteroatoms. The summed E-state index contributed by atoms with van der Waals surface area (Å²) in [7, 11) is -3.20. The van der Waals surface area contributed by atoms with Gasteiger partial charge >= 0.3 is 0 Å². The number of nitrogens with two attached hydrogens (primary N) is 1. The maximum Gasteiger partial charge on any atom is 0.275 e. The summed E-state index contributed by atoms with van der Waals surface area (Å²) in [6.45, 7) is 3.47. The molecule has 0 aromatic carbocycles. The van der Waals surface area contributed by atoms with Gasteiger partial charge in [0.05, 0.1) is 12.6 Å². The van der Waals surface area contributed by atoms with Crippen molar-refractivity contribution < 1.29 is 19.4 Å². The van der Waals surface area contributed by atoms with Crippen molar-refractivity contribution in [1.82, 2.24) is 5.32 Å². The molecule has 128 valence electrons. The molecule has 0 spiro atoms. The van der Waals surface area contributed by atoms with Crippen molar-refractivity contribution >= 4 is 19.4 Å². The Balaban J connectivity index is 2.34. The Hall–Kier alpha value is -0.550. The second-order valence-corrected chi connectivity index (χ2v) is 9.19. The fourth-order valence-corrected chi connectivity index (χ4v) is 4.79. The molecule has 0 heterocycles. The molecule has 0 aromatic heterocycles. The van der Waals surface area contributed by atoms with Crippen molar-refractivity contribution in [3.63, 3.8) is 0 Å². The van der Waals surface area contributed by atoms with E-state index in [4.69, 9.17) is 5.73 Å². The van der Waals surface area contributed by atoms with Gasteiger partial charge < -0.3 is 11.1 Å². The van der Waals surface area contributed by atoms with Crippen molar-refractivity contribution in [1.29, 1.82) is 0 Å². The van der Waals surface area contributed by atoms with E-state index in [2.05, 4.69) is 5.32 Å². The maximum atomic E-state index is 11.8. The Bertz CT molecular complexity index is 382. The highest BCUT2D eigenvalue weighted by Crippen LogP contribution is 2.52. The number of nitrogens with one attached hydrogen (secondary N) is 1. The lowest BCUT2D eigenvalue weighted by atomic mass is 9.91. The standard InChI is InChI=1S/C15H29N2O4P/c1-11(2)14(16)15(19)17-8-13(18)10-22(20,21)9-12-6-4-3-5-7-12/h11-12,14,20-21H,3-10,16H2,1-2H3/p+1/t14-/m0/s1. The van der Waals surface area contributed by atoms with Crippen LogP contribution >= 0.6 is 7.72 Å². The van der Waals surface area contributed by atoms with Gasteiger partial charge in [-0.05, 0) is 24.7 Å². The van der Waals surface area contributed by atoms with Crippen molar-refractivity contribution in [2.24, 2.45) is 17.6 Å². The van der Waals surface area contributed by atoms with E-state index in [-0.39, 0.29) is 30.3 Å². The number of carbonyl (C=O) groups excluding carboxylic acids is 2. The Kier molecular flexibility index (Phi) is 7.90. The SMILES string of the molecule is CC(C)[C@H](N)C(=O)NCC(=O)C[P+](O)(O)CC1CCCCC1. The predicted molar refractivity (Wildman–Crippen MR) is 88.5 cm³/mol. The molecule has 0 radical (unpaired) electrons. The quantitative estimate of drug-likeness (QED) is 0.496. The molecule has 6 nitrogen and oxygen atoms in total. The second kappa shape index (κ2) is 8.92. The van der Waals surface area contributed by atoms with Crippen molar-refractivity contribution in [2.45, 2.75) is 52.0 Å². The molecule has 5 N–H and O–H groups in total. The molecule has 0 unspecified atom stereocenters. The fraction of sp³-hybridized carbons (Fsp3) is 0.867. The van der Waals surface area contributed by atoms with Crippen LogP contribution in [0, 0.1) is 11.8 Å². The van der Waals surface area contributed by atoms with E-state index in [0.29, 0.717) is 12.1 Å². The zero-order valence-electron chi connectivity index (χ0n) is 13.6. The minimum Gasteiger partial charge on any atom is -0.347 e. The van der Waals surface area contributed by atoms with Crippen LogP contribution in [-0.2, 0) is 9.59 Å². The van der Waals surface area contributed by atoms with Crippen LogP contribution < -0.4 is 11.1 Å². The van der Waals surface area contributed by atoms with Crippen molar-refractivity contribution in [3.8, 4) is 0 Å². The lowest BCUT2D eigenvalue weighted by molar-refractivity contribution is -0.126. The fourth-order valence-electron chi connectivity index (χ4n) is 2.79. The van der Waals surface area contributed by atoms with E-state index in [9.17, 15) is 19.4 Å². The highest BCUT2D eigenvalue weighted by atomic mass is 31.2. The number of amides is 1. The first-order valence-electron chi connectivity index (χ1n) is 8.09. The summed E-state index contributed by atoms with van der Waals surface area (Å²) in [6.07, 6.45) is 5.57. The summed E-state index contributed by atoms with van der Waals surface area (Å²) >= 11 is 0. The lowest BCUT2D eigenvalue weighted by Gasteiger charge is -2.23. The predicted octanol–water partition coefficient (Wildman–Crippen LogP) is 1.07. The third-order valence-electron chi connectivity index (χ3n) is 4.19. The van der Waals surface area contributed by atoms with Crippen LogP contribution in [0.5, 0.6) is 0 Å². The molecule has 22 heavy (non-hydrogen) atoms. The molecule has 1 aliphatic carbocycles. The second-order valence-electron chi connectivity index (χ2n) is 6.75. The number of Topliss-reactive ketones (excluding diaryl/α,β-unsaturated/α-hetero) is 1. The molecule has 1 aliphatic rings. The molecule has 1 rings (SSSR count). The van der Waals surface area contributed by atoms with Crippen LogP contribution in [0.25, 0.3) is 0 Å². The smallest absolute Gasteiger partial charge is 0.275 e. The zero-order chi connectivity index (χ0) is 16.8. The number of rotatable bonds is 8. The first-order chi connectivity index (χ1) is 10.2. The van der Waals surface area contributed by atoms with Gasteiger partial charge in [0.25, 0.3) is 7.72 Å². The van der Waals surface area contributed by atoms with Crippen molar-refractivity contribution in [3.05, 3.63) is 0 Å². The molecular formula is C15H30N2O4P+. The topological polar surface area (TPSA) is 113 Å². The minimum absolute atomic E-state index is 0.0105. The van der Waals surface area contributed by atoms with E-state index in [1.54, 1.807) is 0 Å². The summed E-state index contributed by atoms with van der Waals surface area (Å²) in [6, 6.07) is -0.655. The summed E-state index contributed by atoms with van der Waals surface area (Å²) in [5.74, 6) is -0.425. The van der Waals surface area contributed by atoms with Gasteiger partial charge in [-0.25, -0.2) is 9.79 Å². The number of ketones is 1. The molecular weight excluding hydrogens is 303 g/mol. The Morgan fingerprint density at radius 2 is 1.82 bits per heavy atom. The van der Waals surface area contributed by atoms with Gasteiger partial charge in [-0.15, -0.1) is 0 Å². The molecule has 0 aliphatic heterocycles. The van der Waals surface area contributed by atoms with Crippen LogP contribution in [0.4, 0.5) is 0 Å². The molecule has 0 saturated heterocycles. The van der Waals surface area contributed by atoms with Gasteiger partial charge in [-0.1, -0.05) is 33.1 Å². The molecule has 0 bridgehead atoms. The summed E-state index contributed by atoms with van der Waals surface area (Å²) in [5.41, 5.74) is 5.68. The monoisotopic (exact) mass is 333 g/mol. The number of hydrogen-bond acceptors (Lipinski definition) is 5. The lowest BCUT2D eigenvalue weighted by Crippen LogP contribution is -2.45. The third-order valence-corrected chi connectivity index (χ3v) is 6.15. The van der Waals surface area contributed by atoms with Gasteiger partial charge in [0.2, 0.25) is 5.91 Å². The maximum absolute atomic E-state index is 11.8. The normalized spacial score (nSPS) is 18.3. The van der Waals surface area contributed by atoms with Crippen LogP contribution in [0.1, 0.15) is 46.0 Å². The molecule has 1 saturated carbocycles. The number of hydrogen-bond donors (Lipinski definition) is 4.